The van der Waals surface area contributed by atoms with Crippen molar-refractivity contribution in [3.63, 3.8) is 0 Å². The third-order valence-corrected chi connectivity index (χ3v) is 2.83. The number of rotatable bonds is 3. The molecule has 0 aliphatic carbocycles. The Morgan fingerprint density at radius 3 is 2.92 bits per heavy atom. The summed E-state index contributed by atoms with van der Waals surface area (Å²) in [6.45, 7) is 1.85. The van der Waals surface area contributed by atoms with Gasteiger partial charge in [0.15, 0.2) is 0 Å². The molecule has 0 amide bonds. The largest absolute Gasteiger partial charge is 0.395 e. The highest BCUT2D eigenvalue weighted by Gasteiger charge is 2.07. The van der Waals surface area contributed by atoms with Crippen LogP contribution in [0.25, 0.3) is 0 Å². The van der Waals surface area contributed by atoms with E-state index in [0.29, 0.717) is 9.92 Å². The highest BCUT2D eigenvalue weighted by Crippen LogP contribution is 2.28. The molecule has 0 aliphatic rings. The number of aliphatic hydroxyl groups excluding tert-OH is 1. The van der Waals surface area contributed by atoms with E-state index < -0.39 is 0 Å². The molecule has 1 N–H and O–H groups in total. The van der Waals surface area contributed by atoms with Crippen molar-refractivity contribution >= 4 is 23.4 Å². The van der Waals surface area contributed by atoms with Gasteiger partial charge in [-0.15, -0.1) is 11.8 Å². The van der Waals surface area contributed by atoms with E-state index in [4.69, 9.17) is 16.7 Å². The predicted octanol–water partition coefficient (Wildman–Crippen LogP) is 2.95. The lowest BCUT2D eigenvalue weighted by Crippen LogP contribution is -2.02. The molecule has 1 aromatic rings. The molecule has 0 spiro atoms. The number of halogens is 2. The van der Waals surface area contributed by atoms with E-state index >= 15 is 0 Å². The normalized spacial score (nSPS) is 12.9. The van der Waals surface area contributed by atoms with Crippen LogP contribution in [0.1, 0.15) is 6.92 Å². The molecule has 0 heterocycles. The molecule has 1 nitrogen and oxygen atoms in total. The summed E-state index contributed by atoms with van der Waals surface area (Å²) < 4.78 is 13.1. The van der Waals surface area contributed by atoms with Gasteiger partial charge in [0.2, 0.25) is 0 Å². The van der Waals surface area contributed by atoms with Crippen LogP contribution < -0.4 is 0 Å². The van der Waals surface area contributed by atoms with Crippen molar-refractivity contribution < 1.29 is 9.50 Å². The fourth-order valence-electron chi connectivity index (χ4n) is 0.822. The van der Waals surface area contributed by atoms with Crippen LogP contribution in [-0.4, -0.2) is 17.0 Å². The lowest BCUT2D eigenvalue weighted by atomic mass is 10.3. The lowest BCUT2D eigenvalue weighted by molar-refractivity contribution is 0.300. The second-order valence-electron chi connectivity index (χ2n) is 2.69. The molecule has 0 saturated carbocycles. The second kappa shape index (κ2) is 4.84. The summed E-state index contributed by atoms with van der Waals surface area (Å²) in [5.74, 6) is -0.297. The molecule has 0 saturated heterocycles. The van der Waals surface area contributed by atoms with Crippen molar-refractivity contribution in [3.05, 3.63) is 29.0 Å². The quantitative estimate of drug-likeness (QED) is 0.791. The molecular formula is C9H10ClFOS. The number of aliphatic hydroxyl groups is 1. The molecule has 1 aromatic carbocycles. The third-order valence-electron chi connectivity index (χ3n) is 1.48. The zero-order valence-electron chi connectivity index (χ0n) is 7.13. The summed E-state index contributed by atoms with van der Waals surface area (Å²) in [7, 11) is 0. The zero-order valence-corrected chi connectivity index (χ0v) is 8.70. The minimum absolute atomic E-state index is 0.0204. The van der Waals surface area contributed by atoms with Gasteiger partial charge < -0.3 is 5.11 Å². The van der Waals surface area contributed by atoms with Crippen molar-refractivity contribution in [2.24, 2.45) is 0 Å². The highest BCUT2D eigenvalue weighted by molar-refractivity contribution is 8.00. The van der Waals surface area contributed by atoms with Crippen LogP contribution in [-0.2, 0) is 0 Å². The lowest BCUT2D eigenvalue weighted by Gasteiger charge is -2.08. The second-order valence-corrected chi connectivity index (χ2v) is 4.60. The monoisotopic (exact) mass is 220 g/mol. The van der Waals surface area contributed by atoms with Crippen molar-refractivity contribution in [2.75, 3.05) is 6.61 Å². The zero-order chi connectivity index (χ0) is 9.84. The van der Waals surface area contributed by atoms with Crippen molar-refractivity contribution in [1.29, 1.82) is 0 Å². The van der Waals surface area contributed by atoms with E-state index in [9.17, 15) is 4.39 Å². The van der Waals surface area contributed by atoms with Gasteiger partial charge in [-0.3, -0.25) is 0 Å². The summed E-state index contributed by atoms with van der Waals surface area (Å²) >= 11 is 6.98. The van der Waals surface area contributed by atoms with Gasteiger partial charge in [-0.25, -0.2) is 4.39 Å². The van der Waals surface area contributed by atoms with Crippen LogP contribution in [0, 0.1) is 5.82 Å². The van der Waals surface area contributed by atoms with Crippen LogP contribution >= 0.6 is 23.4 Å². The van der Waals surface area contributed by atoms with E-state index in [-0.39, 0.29) is 17.7 Å². The molecule has 13 heavy (non-hydrogen) atoms. The van der Waals surface area contributed by atoms with E-state index in [1.165, 1.54) is 23.9 Å². The summed E-state index contributed by atoms with van der Waals surface area (Å²) in [6.07, 6.45) is 0. The Morgan fingerprint density at radius 1 is 1.62 bits per heavy atom. The molecule has 1 rings (SSSR count). The third kappa shape index (κ3) is 3.18. The smallest absolute Gasteiger partial charge is 0.136 e. The topological polar surface area (TPSA) is 20.2 Å². The first-order valence-corrected chi connectivity index (χ1v) is 5.12. The molecule has 72 valence electrons. The van der Waals surface area contributed by atoms with E-state index in [2.05, 4.69) is 0 Å². The summed E-state index contributed by atoms with van der Waals surface area (Å²) in [4.78, 5) is 0.481. The standard InChI is InChI=1S/C9H10ClFOS/c1-6(5-12)13-9-4-7(10)2-3-8(9)11/h2-4,6,12H,5H2,1H3. The van der Waals surface area contributed by atoms with Gasteiger partial charge in [0.25, 0.3) is 0 Å². The molecule has 1 atom stereocenters. The van der Waals surface area contributed by atoms with Crippen molar-refractivity contribution in [1.82, 2.24) is 0 Å². The Hall–Kier alpha value is -0.250. The summed E-state index contributed by atoms with van der Waals surface area (Å²) in [6, 6.07) is 4.40. The van der Waals surface area contributed by atoms with Gasteiger partial charge in [0, 0.05) is 15.2 Å². The first-order chi connectivity index (χ1) is 6.13. The van der Waals surface area contributed by atoms with Gasteiger partial charge in [-0.05, 0) is 18.2 Å². The fourth-order valence-corrected chi connectivity index (χ4v) is 1.94. The van der Waals surface area contributed by atoms with E-state index in [0.717, 1.165) is 0 Å². The minimum atomic E-state index is -0.297. The van der Waals surface area contributed by atoms with Gasteiger partial charge >= 0.3 is 0 Å². The molecule has 1 unspecified atom stereocenters. The van der Waals surface area contributed by atoms with Crippen molar-refractivity contribution in [2.45, 2.75) is 17.1 Å². The number of thioether (sulfide) groups is 1. The van der Waals surface area contributed by atoms with E-state index in [1.807, 2.05) is 6.92 Å². The first kappa shape index (κ1) is 10.8. The number of hydrogen-bond acceptors (Lipinski definition) is 2. The molecule has 0 aliphatic heterocycles. The maximum Gasteiger partial charge on any atom is 0.136 e. The highest BCUT2D eigenvalue weighted by atomic mass is 35.5. The van der Waals surface area contributed by atoms with Gasteiger partial charge in [-0.1, -0.05) is 18.5 Å². The Balaban J connectivity index is 2.81. The van der Waals surface area contributed by atoms with Crippen LogP contribution in [0.15, 0.2) is 23.1 Å². The average Bonchev–Trinajstić information content (AvgIpc) is 2.11. The number of hydrogen-bond donors (Lipinski definition) is 1. The summed E-state index contributed by atoms with van der Waals surface area (Å²) in [5.41, 5.74) is 0. The average molecular weight is 221 g/mol. The Labute approximate surface area is 85.9 Å². The maximum absolute atomic E-state index is 13.1. The van der Waals surface area contributed by atoms with Gasteiger partial charge in [0.1, 0.15) is 5.82 Å². The Bertz CT molecular complexity index is 293. The van der Waals surface area contributed by atoms with E-state index in [1.54, 1.807) is 6.07 Å². The SMILES string of the molecule is CC(CO)Sc1cc(Cl)ccc1F. The molecule has 0 radical (unpaired) electrons. The Morgan fingerprint density at radius 2 is 2.31 bits per heavy atom. The van der Waals surface area contributed by atoms with Crippen LogP contribution in [0.2, 0.25) is 5.02 Å². The Kier molecular flexibility index (Phi) is 4.03. The molecule has 0 bridgehead atoms. The molecular weight excluding hydrogens is 211 g/mol. The van der Waals surface area contributed by atoms with Crippen molar-refractivity contribution in [3.8, 4) is 0 Å². The number of benzene rings is 1. The van der Waals surface area contributed by atoms with Crippen LogP contribution in [0.5, 0.6) is 0 Å². The fraction of sp³-hybridized carbons (Fsp3) is 0.333. The molecule has 4 heteroatoms. The first-order valence-electron chi connectivity index (χ1n) is 3.86. The predicted molar refractivity (Wildman–Crippen MR) is 53.8 cm³/mol. The molecule has 0 fully saturated rings. The minimum Gasteiger partial charge on any atom is -0.395 e. The molecule has 0 aromatic heterocycles. The van der Waals surface area contributed by atoms with Gasteiger partial charge in [-0.2, -0.15) is 0 Å². The summed E-state index contributed by atoms with van der Waals surface area (Å²) in [5, 5.41) is 9.27. The van der Waals surface area contributed by atoms with Crippen LogP contribution in [0.3, 0.4) is 0 Å². The maximum atomic E-state index is 13.1. The van der Waals surface area contributed by atoms with Gasteiger partial charge in [0.05, 0.1) is 6.61 Å². The van der Waals surface area contributed by atoms with Crippen LogP contribution in [0.4, 0.5) is 4.39 Å².